The smallest absolute Gasteiger partial charge is 0.414 e. The normalized spacial score (nSPS) is 12.3. The van der Waals surface area contributed by atoms with E-state index in [0.29, 0.717) is 5.75 Å². The van der Waals surface area contributed by atoms with E-state index in [1.165, 1.54) is 49.7 Å². The number of ether oxygens (including phenoxy) is 2. The molecule has 2 rings (SSSR count). The number of hydrogen-bond donors (Lipinski definition) is 2. The summed E-state index contributed by atoms with van der Waals surface area (Å²) in [6.45, 7) is 0.514. The van der Waals surface area contributed by atoms with Crippen LogP contribution in [0.15, 0.2) is 42.6 Å². The number of nitrogens with two attached hydrogens (primary N) is 1. The Hall–Kier alpha value is -2.81. The lowest BCUT2D eigenvalue weighted by atomic mass is 10.1. The van der Waals surface area contributed by atoms with Crippen LogP contribution in [0.1, 0.15) is 22.1 Å². The third kappa shape index (κ3) is 4.85. The Bertz CT molecular complexity index is 739. The lowest BCUT2D eigenvalue weighted by Gasteiger charge is -2.21. The lowest BCUT2D eigenvalue weighted by molar-refractivity contribution is -0.156. The molecule has 0 fully saturated rings. The van der Waals surface area contributed by atoms with Gasteiger partial charge in [0, 0.05) is 18.3 Å². The van der Waals surface area contributed by atoms with Crippen LogP contribution in [0, 0.1) is 0 Å². The number of halogens is 3. The van der Waals surface area contributed by atoms with Gasteiger partial charge in [0.05, 0.1) is 12.8 Å². The fourth-order valence-corrected chi connectivity index (χ4v) is 2.18. The molecule has 0 aliphatic heterocycles. The van der Waals surface area contributed by atoms with E-state index in [-0.39, 0.29) is 30.2 Å². The lowest BCUT2D eigenvalue weighted by Crippen LogP contribution is -2.38. The minimum absolute atomic E-state index is 0.00729. The molecular formula is C17H18F3N3O3. The Morgan fingerprint density at radius 1 is 1.27 bits per heavy atom. The van der Waals surface area contributed by atoms with E-state index in [2.05, 4.69) is 4.98 Å². The van der Waals surface area contributed by atoms with Gasteiger partial charge in [0.25, 0.3) is 5.91 Å². The Kier molecular flexibility index (Phi) is 6.40. The van der Waals surface area contributed by atoms with Crippen LogP contribution in [0.2, 0.25) is 0 Å². The first-order valence-electron chi connectivity index (χ1n) is 7.66. The van der Waals surface area contributed by atoms with Crippen LogP contribution < -0.4 is 20.5 Å². The van der Waals surface area contributed by atoms with Gasteiger partial charge in [-0.15, -0.1) is 0 Å². The zero-order valence-electron chi connectivity index (χ0n) is 13.9. The quantitative estimate of drug-likeness (QED) is 0.783. The van der Waals surface area contributed by atoms with Gasteiger partial charge in [-0.1, -0.05) is 6.07 Å². The molecule has 6 nitrogen and oxygen atoms in total. The minimum Gasteiger partial charge on any atom is -0.493 e. The zero-order valence-corrected chi connectivity index (χ0v) is 13.9. The van der Waals surface area contributed by atoms with Crippen LogP contribution in [0.3, 0.4) is 0 Å². The summed E-state index contributed by atoms with van der Waals surface area (Å²) >= 11 is 0. The van der Waals surface area contributed by atoms with E-state index in [9.17, 15) is 18.0 Å². The molecular weight excluding hydrogens is 351 g/mol. The molecule has 0 unspecified atom stereocenters. The number of aromatic nitrogens is 1. The van der Waals surface area contributed by atoms with Gasteiger partial charge in [0.15, 0.2) is 17.5 Å². The number of benzene rings is 1. The Morgan fingerprint density at radius 3 is 2.62 bits per heavy atom. The molecule has 0 aliphatic rings. The maximum Gasteiger partial charge on any atom is 0.414 e. The SMILES string of the molecule is COc1cc(C(=O)N[C@H](c2ccccn2)C(F)(F)F)ccc1OCCN. The van der Waals surface area contributed by atoms with Crippen LogP contribution >= 0.6 is 0 Å². The number of pyridine rings is 1. The molecule has 1 aromatic heterocycles. The molecule has 1 aromatic carbocycles. The van der Waals surface area contributed by atoms with Crippen LogP contribution in [-0.4, -0.2) is 37.3 Å². The molecule has 26 heavy (non-hydrogen) atoms. The fraction of sp³-hybridized carbons (Fsp3) is 0.294. The molecule has 0 spiro atoms. The molecule has 1 heterocycles. The number of nitrogens with one attached hydrogen (secondary N) is 1. The number of methoxy groups -OCH3 is 1. The summed E-state index contributed by atoms with van der Waals surface area (Å²) in [4.78, 5) is 16.0. The second kappa shape index (κ2) is 8.52. The Labute approximate surface area is 148 Å². The monoisotopic (exact) mass is 369 g/mol. The van der Waals surface area contributed by atoms with Crippen molar-refractivity contribution in [2.75, 3.05) is 20.3 Å². The summed E-state index contributed by atoms with van der Waals surface area (Å²) in [5.74, 6) is -0.360. The molecule has 3 N–H and O–H groups in total. The minimum atomic E-state index is -4.70. The second-order valence-electron chi connectivity index (χ2n) is 5.21. The standard InChI is InChI=1S/C17H18F3N3O3/c1-25-14-10-11(5-6-13(14)26-9-7-21)16(24)23-15(17(18,19)20)12-4-2-3-8-22-12/h2-6,8,10,15H,7,9,21H2,1H3,(H,23,24)/t15-/m1/s1. The summed E-state index contributed by atoms with van der Waals surface area (Å²) in [5, 5.41) is 1.96. The fourth-order valence-electron chi connectivity index (χ4n) is 2.18. The molecule has 1 atom stereocenters. The summed E-state index contributed by atoms with van der Waals surface area (Å²) < 4.78 is 50.4. The number of carbonyl (C=O) groups excluding carboxylic acids is 1. The maximum absolute atomic E-state index is 13.3. The molecule has 0 radical (unpaired) electrons. The largest absolute Gasteiger partial charge is 0.493 e. The third-order valence-corrected chi connectivity index (χ3v) is 3.39. The first-order valence-corrected chi connectivity index (χ1v) is 7.66. The first kappa shape index (κ1) is 19.5. The first-order chi connectivity index (χ1) is 12.4. The second-order valence-corrected chi connectivity index (χ2v) is 5.21. The van der Waals surface area contributed by atoms with Crippen molar-refractivity contribution in [3.8, 4) is 11.5 Å². The predicted octanol–water partition coefficient (Wildman–Crippen LogP) is 2.46. The number of amides is 1. The van der Waals surface area contributed by atoms with Gasteiger partial charge >= 0.3 is 6.18 Å². The van der Waals surface area contributed by atoms with Crippen molar-refractivity contribution in [2.45, 2.75) is 12.2 Å². The van der Waals surface area contributed by atoms with Gasteiger partial charge < -0.3 is 20.5 Å². The van der Waals surface area contributed by atoms with Gasteiger partial charge in [-0.05, 0) is 30.3 Å². The van der Waals surface area contributed by atoms with Crippen molar-refractivity contribution >= 4 is 5.91 Å². The highest BCUT2D eigenvalue weighted by molar-refractivity contribution is 5.95. The number of rotatable bonds is 7. The molecule has 0 saturated carbocycles. The van der Waals surface area contributed by atoms with Crippen molar-refractivity contribution in [1.82, 2.24) is 10.3 Å². The van der Waals surface area contributed by atoms with Crippen LogP contribution in [-0.2, 0) is 0 Å². The highest BCUT2D eigenvalue weighted by Crippen LogP contribution is 2.33. The number of alkyl halides is 3. The van der Waals surface area contributed by atoms with Gasteiger partial charge in [-0.3, -0.25) is 9.78 Å². The zero-order chi connectivity index (χ0) is 19.2. The summed E-state index contributed by atoms with van der Waals surface area (Å²) in [5.41, 5.74) is 5.04. The highest BCUT2D eigenvalue weighted by atomic mass is 19.4. The highest BCUT2D eigenvalue weighted by Gasteiger charge is 2.43. The molecule has 0 saturated heterocycles. The van der Waals surface area contributed by atoms with Crippen molar-refractivity contribution < 1.29 is 27.4 Å². The number of hydrogen-bond acceptors (Lipinski definition) is 5. The summed E-state index contributed by atoms with van der Waals surface area (Å²) in [6.07, 6.45) is -3.47. The van der Waals surface area contributed by atoms with Crippen molar-refractivity contribution in [1.29, 1.82) is 0 Å². The van der Waals surface area contributed by atoms with Gasteiger partial charge in [0.1, 0.15) is 6.61 Å². The molecule has 140 valence electrons. The summed E-state index contributed by atoms with van der Waals surface area (Å²) in [7, 11) is 1.36. The maximum atomic E-state index is 13.3. The molecule has 1 amide bonds. The topological polar surface area (TPSA) is 86.5 Å². The molecule has 2 aromatic rings. The van der Waals surface area contributed by atoms with Crippen molar-refractivity contribution in [3.05, 3.63) is 53.9 Å². The van der Waals surface area contributed by atoms with Crippen LogP contribution in [0.25, 0.3) is 0 Å². The van der Waals surface area contributed by atoms with E-state index in [0.717, 1.165) is 0 Å². The molecule has 9 heteroatoms. The van der Waals surface area contributed by atoms with Gasteiger partial charge in [-0.2, -0.15) is 13.2 Å². The van der Waals surface area contributed by atoms with Crippen molar-refractivity contribution in [2.24, 2.45) is 5.73 Å². The predicted molar refractivity (Wildman–Crippen MR) is 88.0 cm³/mol. The van der Waals surface area contributed by atoms with Crippen LogP contribution in [0.4, 0.5) is 13.2 Å². The third-order valence-electron chi connectivity index (χ3n) is 3.39. The van der Waals surface area contributed by atoms with E-state index in [1.807, 2.05) is 5.32 Å². The van der Waals surface area contributed by atoms with E-state index >= 15 is 0 Å². The average Bonchev–Trinajstić information content (AvgIpc) is 2.63. The van der Waals surface area contributed by atoms with Gasteiger partial charge in [-0.25, -0.2) is 0 Å². The van der Waals surface area contributed by atoms with Crippen LogP contribution in [0.5, 0.6) is 11.5 Å². The molecule has 0 aliphatic carbocycles. The number of carbonyl (C=O) groups is 1. The number of nitrogens with zero attached hydrogens (tertiary/aromatic N) is 1. The summed E-state index contributed by atoms with van der Waals surface area (Å²) in [6, 6.07) is 5.96. The molecule has 0 bridgehead atoms. The van der Waals surface area contributed by atoms with E-state index in [4.69, 9.17) is 15.2 Å². The Morgan fingerprint density at radius 2 is 2.04 bits per heavy atom. The van der Waals surface area contributed by atoms with E-state index < -0.39 is 18.1 Å². The Balaban J connectivity index is 2.24. The van der Waals surface area contributed by atoms with E-state index in [1.54, 1.807) is 0 Å². The van der Waals surface area contributed by atoms with Gasteiger partial charge in [0.2, 0.25) is 0 Å². The van der Waals surface area contributed by atoms with Crippen molar-refractivity contribution in [3.63, 3.8) is 0 Å². The average molecular weight is 369 g/mol.